The summed E-state index contributed by atoms with van der Waals surface area (Å²) in [5.41, 5.74) is 11.1. The van der Waals surface area contributed by atoms with E-state index in [1.165, 1.54) is 4.68 Å². The van der Waals surface area contributed by atoms with Crippen molar-refractivity contribution in [2.75, 3.05) is 24.7 Å². The number of hydrogen-bond acceptors (Lipinski definition) is 17. The summed E-state index contributed by atoms with van der Waals surface area (Å²) in [6, 6.07) is 0. The van der Waals surface area contributed by atoms with Crippen molar-refractivity contribution in [3.63, 3.8) is 0 Å². The number of nitrogen functional groups attached to an aromatic ring is 2. The van der Waals surface area contributed by atoms with Gasteiger partial charge in [-0.25, -0.2) is 14.4 Å². The van der Waals surface area contributed by atoms with E-state index in [4.69, 9.17) is 46.3 Å². The summed E-state index contributed by atoms with van der Waals surface area (Å²) < 4.78 is 45.7. The molecule has 1 unspecified atom stereocenters. The second-order valence-electron chi connectivity index (χ2n) is 9.54. The number of alkyl halides is 1. The fraction of sp³-hybridized carbons (Fsp3) is 0.556. The molecule has 6 rings (SSSR count). The zero-order chi connectivity index (χ0) is 31.4. The predicted octanol–water partition coefficient (Wildman–Crippen LogP) is -1.33. The van der Waals surface area contributed by atoms with Gasteiger partial charge >= 0.3 is 13.4 Å². The van der Waals surface area contributed by atoms with Crippen molar-refractivity contribution in [2.45, 2.75) is 49.8 Å². The standard InChI is InChI=1S/C18H23FN12O9P2S2/c19-9-12(7(4-36-41(33,34)43)39-17(9)31-14-10(26-29-31)13(20)22-5-23-14)40-42(35,44)37-3-6-1-2-8(38-6)30-15-11(27-28-30)16(32)25-18(21)24-15/h5-9,12,17H,1-4H2,(H,35,44)(H2,20,22,23)(H2,33,34,43)(H3,21,24,25,32)/t6-,7+,8+,9-,12+,17+,42?/m0/s1. The van der Waals surface area contributed by atoms with Crippen LogP contribution in [0.4, 0.5) is 16.2 Å². The van der Waals surface area contributed by atoms with Gasteiger partial charge in [0.05, 0.1) is 19.3 Å². The first kappa shape index (κ1) is 31.3. The minimum absolute atomic E-state index is 0.00900. The van der Waals surface area contributed by atoms with Crippen molar-refractivity contribution < 1.29 is 42.1 Å². The van der Waals surface area contributed by atoms with Crippen LogP contribution in [0.3, 0.4) is 0 Å². The van der Waals surface area contributed by atoms with Crippen molar-refractivity contribution in [2.24, 2.45) is 0 Å². The third-order valence-corrected chi connectivity index (χ3v) is 8.95. The maximum absolute atomic E-state index is 15.9. The fourth-order valence-electron chi connectivity index (χ4n) is 4.68. The van der Waals surface area contributed by atoms with Gasteiger partial charge in [0.2, 0.25) is 5.95 Å². The molecule has 4 aromatic heterocycles. The van der Waals surface area contributed by atoms with Crippen LogP contribution in [0.5, 0.6) is 0 Å². The first-order valence-electron chi connectivity index (χ1n) is 12.5. The first-order chi connectivity index (χ1) is 20.8. The van der Waals surface area contributed by atoms with Gasteiger partial charge in [0, 0.05) is 0 Å². The lowest BCUT2D eigenvalue weighted by Gasteiger charge is -2.25. The van der Waals surface area contributed by atoms with E-state index in [1.54, 1.807) is 0 Å². The van der Waals surface area contributed by atoms with Crippen LogP contribution in [0.25, 0.3) is 22.3 Å². The second kappa shape index (κ2) is 11.9. The maximum Gasteiger partial charge on any atom is 0.325 e. The molecule has 6 heterocycles. The molecular formula is C18H23FN12O9P2S2. The molecule has 7 atom stereocenters. The van der Waals surface area contributed by atoms with Crippen LogP contribution in [0.1, 0.15) is 25.3 Å². The molecule has 26 heteroatoms. The van der Waals surface area contributed by atoms with E-state index in [2.05, 4.69) is 52.4 Å². The van der Waals surface area contributed by atoms with Crippen LogP contribution in [-0.4, -0.2) is 102 Å². The highest BCUT2D eigenvalue weighted by atomic mass is 32.5. The van der Waals surface area contributed by atoms with Gasteiger partial charge < -0.3 is 44.7 Å². The van der Waals surface area contributed by atoms with E-state index in [9.17, 15) is 19.5 Å². The summed E-state index contributed by atoms with van der Waals surface area (Å²) in [6.07, 6.45) is -5.99. The van der Waals surface area contributed by atoms with E-state index in [-0.39, 0.29) is 40.7 Å². The number of H-pyrrole nitrogens is 1. The zero-order valence-corrected chi connectivity index (χ0v) is 25.4. The molecule has 0 spiro atoms. The molecule has 8 N–H and O–H groups in total. The number of anilines is 2. The molecule has 0 aliphatic carbocycles. The third-order valence-electron chi connectivity index (χ3n) is 6.59. The van der Waals surface area contributed by atoms with Gasteiger partial charge in [0.25, 0.3) is 5.56 Å². The van der Waals surface area contributed by atoms with Crippen molar-refractivity contribution >= 4 is 71.1 Å². The van der Waals surface area contributed by atoms with Crippen LogP contribution in [0, 0.1) is 0 Å². The quantitative estimate of drug-likeness (QED) is 0.105. The third kappa shape index (κ3) is 6.34. The molecular weight excluding hydrogens is 673 g/mol. The number of nitrogens with zero attached hydrogens (tertiary/aromatic N) is 9. The molecule has 21 nitrogen and oxygen atoms in total. The molecule has 2 aliphatic heterocycles. The van der Waals surface area contributed by atoms with E-state index < -0.39 is 62.5 Å². The highest BCUT2D eigenvalue weighted by Gasteiger charge is 2.51. The number of hydrogen-bond donors (Lipinski definition) is 6. The van der Waals surface area contributed by atoms with Gasteiger partial charge in [-0.15, -0.1) is 10.2 Å². The number of aromatic nitrogens is 10. The Balaban J connectivity index is 1.14. The molecule has 2 saturated heterocycles. The Hall–Kier alpha value is -2.73. The SMILES string of the molecule is Nc1nc2c(nnn2[C@H]2CC[C@@H](COP(O)(=S)O[C@H]3[C@H](F)[C@H](n4nnc5c(N)ncnc54)O[C@@H]3COP(O)(O)=S)O2)c(=O)[nH]1. The summed E-state index contributed by atoms with van der Waals surface area (Å²) >= 11 is 9.62. The Morgan fingerprint density at radius 2 is 1.80 bits per heavy atom. The molecule has 0 aromatic carbocycles. The van der Waals surface area contributed by atoms with Crippen LogP contribution < -0.4 is 17.0 Å². The van der Waals surface area contributed by atoms with Gasteiger partial charge in [-0.05, 0) is 36.5 Å². The number of halogens is 1. The van der Waals surface area contributed by atoms with Gasteiger partial charge in [-0.2, -0.15) is 14.3 Å². The van der Waals surface area contributed by atoms with Gasteiger partial charge in [0.1, 0.15) is 18.5 Å². The summed E-state index contributed by atoms with van der Waals surface area (Å²) in [5.74, 6) is -0.131. The molecule has 4 aromatic rings. The lowest BCUT2D eigenvalue weighted by atomic mass is 10.1. The number of ether oxygens (including phenoxy) is 2. The van der Waals surface area contributed by atoms with Crippen LogP contribution in [0.15, 0.2) is 11.1 Å². The highest BCUT2D eigenvalue weighted by Crippen LogP contribution is 2.51. The van der Waals surface area contributed by atoms with E-state index in [1.807, 2.05) is 0 Å². The second-order valence-corrected chi connectivity index (χ2v) is 15.0. The van der Waals surface area contributed by atoms with Gasteiger partial charge in [0.15, 0.2) is 46.8 Å². The fourth-order valence-corrected chi connectivity index (χ4v) is 6.66. The Labute approximate surface area is 254 Å². The molecule has 2 aliphatic rings. The monoisotopic (exact) mass is 696 g/mol. The lowest BCUT2D eigenvalue weighted by Crippen LogP contribution is -2.34. The summed E-state index contributed by atoms with van der Waals surface area (Å²) in [7, 11) is 0. The predicted molar refractivity (Wildman–Crippen MR) is 152 cm³/mol. The average molecular weight is 697 g/mol. The molecule has 0 bridgehead atoms. The largest absolute Gasteiger partial charge is 0.382 e. The lowest BCUT2D eigenvalue weighted by molar-refractivity contribution is -0.0490. The number of nitrogens with two attached hydrogens (primary N) is 2. The van der Waals surface area contributed by atoms with Crippen molar-refractivity contribution in [3.8, 4) is 0 Å². The van der Waals surface area contributed by atoms with Crippen molar-refractivity contribution in [3.05, 3.63) is 16.7 Å². The maximum atomic E-state index is 15.9. The summed E-state index contributed by atoms with van der Waals surface area (Å²) in [5, 5.41) is 15.4. The number of fused-ring (bicyclic) bond motifs is 2. The highest BCUT2D eigenvalue weighted by molar-refractivity contribution is 8.07. The van der Waals surface area contributed by atoms with Gasteiger partial charge in [-0.1, -0.05) is 10.4 Å². The molecule has 0 radical (unpaired) electrons. The minimum atomic E-state index is -4.19. The van der Waals surface area contributed by atoms with E-state index in [0.717, 1.165) is 11.0 Å². The normalized spacial score (nSPS) is 27.4. The first-order valence-corrected chi connectivity index (χ1v) is 17.7. The van der Waals surface area contributed by atoms with Crippen LogP contribution in [0.2, 0.25) is 0 Å². The summed E-state index contributed by atoms with van der Waals surface area (Å²) in [6.45, 7) is -9.28. The van der Waals surface area contributed by atoms with Crippen molar-refractivity contribution in [1.29, 1.82) is 0 Å². The molecule has 2 fully saturated rings. The number of nitrogens with one attached hydrogen (secondary N) is 1. The minimum Gasteiger partial charge on any atom is -0.382 e. The topological polar surface area (TPSA) is 292 Å². The van der Waals surface area contributed by atoms with Gasteiger partial charge in [-0.3, -0.25) is 14.3 Å². The number of rotatable bonds is 10. The molecule has 44 heavy (non-hydrogen) atoms. The zero-order valence-electron chi connectivity index (χ0n) is 21.9. The number of aromatic amines is 1. The van der Waals surface area contributed by atoms with E-state index >= 15 is 4.39 Å². The van der Waals surface area contributed by atoms with Crippen LogP contribution in [-0.2, 0) is 46.7 Å². The molecule has 0 saturated carbocycles. The smallest absolute Gasteiger partial charge is 0.325 e. The average Bonchev–Trinajstić information content (AvgIpc) is 3.73. The Morgan fingerprint density at radius 3 is 2.57 bits per heavy atom. The summed E-state index contributed by atoms with van der Waals surface area (Å²) in [4.78, 5) is 56.2. The Kier molecular flexibility index (Phi) is 8.45. The van der Waals surface area contributed by atoms with Crippen molar-refractivity contribution in [1.82, 2.24) is 49.9 Å². The van der Waals surface area contributed by atoms with Crippen LogP contribution >= 0.6 is 13.4 Å². The molecule has 238 valence electrons. The molecule has 0 amide bonds. The Morgan fingerprint density at radius 1 is 1.05 bits per heavy atom. The van der Waals surface area contributed by atoms with E-state index in [0.29, 0.717) is 12.8 Å². The Bertz CT molecular complexity index is 1860.